The van der Waals surface area contributed by atoms with E-state index in [9.17, 15) is 4.79 Å². The maximum absolute atomic E-state index is 12.6. The zero-order valence-electron chi connectivity index (χ0n) is 13.6. The summed E-state index contributed by atoms with van der Waals surface area (Å²) in [5.74, 6) is 0.899. The SMILES string of the molecule is CCCCNc1nc2ccccc2n1CC(=O)N1CCOCC1. The highest BCUT2D eigenvalue weighted by Gasteiger charge is 2.20. The Bertz CT molecular complexity index is 662. The van der Waals surface area contributed by atoms with Crippen molar-refractivity contribution in [2.45, 2.75) is 26.3 Å². The lowest BCUT2D eigenvalue weighted by Gasteiger charge is -2.27. The number of ether oxygens (including phenoxy) is 1. The van der Waals surface area contributed by atoms with Crippen LogP contribution in [0.4, 0.5) is 5.95 Å². The maximum Gasteiger partial charge on any atom is 0.242 e. The second-order valence-electron chi connectivity index (χ2n) is 5.78. The molecule has 0 radical (unpaired) electrons. The van der Waals surface area contributed by atoms with Gasteiger partial charge in [-0.25, -0.2) is 4.98 Å². The average Bonchev–Trinajstić information content (AvgIpc) is 2.94. The average molecular weight is 316 g/mol. The summed E-state index contributed by atoms with van der Waals surface area (Å²) in [6, 6.07) is 7.95. The van der Waals surface area contributed by atoms with Gasteiger partial charge < -0.3 is 19.5 Å². The van der Waals surface area contributed by atoms with Gasteiger partial charge in [-0.2, -0.15) is 0 Å². The van der Waals surface area contributed by atoms with Crippen LogP contribution in [0.1, 0.15) is 19.8 Å². The van der Waals surface area contributed by atoms with E-state index in [4.69, 9.17) is 4.74 Å². The number of imidazole rings is 1. The molecule has 1 aromatic carbocycles. The van der Waals surface area contributed by atoms with Crippen molar-refractivity contribution in [3.63, 3.8) is 0 Å². The third-order valence-electron chi connectivity index (χ3n) is 4.13. The minimum Gasteiger partial charge on any atom is -0.378 e. The van der Waals surface area contributed by atoms with E-state index in [0.29, 0.717) is 32.8 Å². The van der Waals surface area contributed by atoms with Crippen molar-refractivity contribution in [1.82, 2.24) is 14.5 Å². The number of anilines is 1. The summed E-state index contributed by atoms with van der Waals surface area (Å²) in [6.45, 7) is 5.93. The second kappa shape index (κ2) is 7.46. The lowest BCUT2D eigenvalue weighted by atomic mass is 10.3. The Morgan fingerprint density at radius 2 is 2.09 bits per heavy atom. The number of para-hydroxylation sites is 2. The van der Waals surface area contributed by atoms with Gasteiger partial charge in [0.05, 0.1) is 24.2 Å². The van der Waals surface area contributed by atoms with E-state index in [0.717, 1.165) is 36.4 Å². The van der Waals surface area contributed by atoms with E-state index >= 15 is 0 Å². The van der Waals surface area contributed by atoms with Gasteiger partial charge in [-0.15, -0.1) is 0 Å². The summed E-state index contributed by atoms with van der Waals surface area (Å²) in [7, 11) is 0. The lowest BCUT2D eigenvalue weighted by Crippen LogP contribution is -2.42. The summed E-state index contributed by atoms with van der Waals surface area (Å²) in [5, 5.41) is 3.37. The molecule has 0 aliphatic carbocycles. The first kappa shape index (κ1) is 15.8. The molecule has 1 N–H and O–H groups in total. The third-order valence-corrected chi connectivity index (χ3v) is 4.13. The van der Waals surface area contributed by atoms with Crippen molar-refractivity contribution in [1.29, 1.82) is 0 Å². The van der Waals surface area contributed by atoms with Crippen LogP contribution in [0.25, 0.3) is 11.0 Å². The minimum atomic E-state index is 0.120. The number of rotatable bonds is 6. The van der Waals surface area contributed by atoms with Crippen molar-refractivity contribution < 1.29 is 9.53 Å². The standard InChI is InChI=1S/C17H24N4O2/c1-2-3-8-18-17-19-14-6-4-5-7-15(14)21(17)13-16(22)20-9-11-23-12-10-20/h4-7H,2-3,8-13H2,1H3,(H,18,19). The zero-order chi connectivity index (χ0) is 16.1. The summed E-state index contributed by atoms with van der Waals surface area (Å²) in [4.78, 5) is 19.1. The van der Waals surface area contributed by atoms with Crippen LogP contribution in [0.5, 0.6) is 0 Å². The quantitative estimate of drug-likeness (QED) is 0.829. The van der Waals surface area contributed by atoms with E-state index in [1.807, 2.05) is 33.7 Å². The Morgan fingerprint density at radius 3 is 2.87 bits per heavy atom. The summed E-state index contributed by atoms with van der Waals surface area (Å²) in [6.07, 6.45) is 2.21. The van der Waals surface area contributed by atoms with Crippen LogP contribution in [0.3, 0.4) is 0 Å². The molecule has 1 aliphatic heterocycles. The van der Waals surface area contributed by atoms with Gasteiger partial charge in [-0.3, -0.25) is 4.79 Å². The van der Waals surface area contributed by atoms with E-state index in [1.54, 1.807) is 0 Å². The van der Waals surface area contributed by atoms with E-state index in [-0.39, 0.29) is 5.91 Å². The maximum atomic E-state index is 12.6. The molecule has 0 spiro atoms. The Morgan fingerprint density at radius 1 is 1.30 bits per heavy atom. The monoisotopic (exact) mass is 316 g/mol. The highest BCUT2D eigenvalue weighted by molar-refractivity contribution is 5.83. The first-order valence-corrected chi connectivity index (χ1v) is 8.34. The molecule has 1 saturated heterocycles. The second-order valence-corrected chi connectivity index (χ2v) is 5.78. The van der Waals surface area contributed by atoms with Gasteiger partial charge in [0.2, 0.25) is 11.9 Å². The van der Waals surface area contributed by atoms with Crippen LogP contribution in [-0.2, 0) is 16.1 Å². The fourth-order valence-electron chi connectivity index (χ4n) is 2.80. The lowest BCUT2D eigenvalue weighted by molar-refractivity contribution is -0.135. The van der Waals surface area contributed by atoms with Crippen LogP contribution < -0.4 is 5.32 Å². The largest absolute Gasteiger partial charge is 0.378 e. The summed E-state index contributed by atoms with van der Waals surface area (Å²) < 4.78 is 7.31. The Hall–Kier alpha value is -2.08. The number of carbonyl (C=O) groups is 1. The van der Waals surface area contributed by atoms with Gasteiger partial charge in [0, 0.05) is 19.6 Å². The van der Waals surface area contributed by atoms with Gasteiger partial charge in [-0.05, 0) is 18.6 Å². The van der Waals surface area contributed by atoms with Gasteiger partial charge in [-0.1, -0.05) is 25.5 Å². The number of aromatic nitrogens is 2. The zero-order valence-corrected chi connectivity index (χ0v) is 13.6. The van der Waals surface area contributed by atoms with Gasteiger partial charge in [0.1, 0.15) is 6.54 Å². The third kappa shape index (κ3) is 3.64. The molecule has 0 bridgehead atoms. The van der Waals surface area contributed by atoms with Gasteiger partial charge >= 0.3 is 0 Å². The number of hydrogen-bond acceptors (Lipinski definition) is 4. The van der Waals surface area contributed by atoms with Crippen LogP contribution in [-0.4, -0.2) is 53.2 Å². The molecule has 6 heteroatoms. The smallest absolute Gasteiger partial charge is 0.242 e. The van der Waals surface area contributed by atoms with Crippen molar-refractivity contribution >= 4 is 22.9 Å². The highest BCUT2D eigenvalue weighted by atomic mass is 16.5. The van der Waals surface area contributed by atoms with Crippen LogP contribution in [0.15, 0.2) is 24.3 Å². The minimum absolute atomic E-state index is 0.120. The van der Waals surface area contributed by atoms with Crippen molar-refractivity contribution in [3.8, 4) is 0 Å². The molecule has 0 unspecified atom stereocenters. The van der Waals surface area contributed by atoms with Crippen LogP contribution >= 0.6 is 0 Å². The van der Waals surface area contributed by atoms with Gasteiger partial charge in [0.15, 0.2) is 0 Å². The van der Waals surface area contributed by atoms with Crippen LogP contribution in [0, 0.1) is 0 Å². The fraction of sp³-hybridized carbons (Fsp3) is 0.529. The highest BCUT2D eigenvalue weighted by Crippen LogP contribution is 2.20. The Kier molecular flexibility index (Phi) is 5.12. The van der Waals surface area contributed by atoms with Crippen molar-refractivity contribution in [3.05, 3.63) is 24.3 Å². The number of nitrogens with one attached hydrogen (secondary N) is 1. The van der Waals surface area contributed by atoms with Crippen molar-refractivity contribution in [2.24, 2.45) is 0 Å². The van der Waals surface area contributed by atoms with Gasteiger partial charge in [0.25, 0.3) is 0 Å². The molecule has 1 fully saturated rings. The summed E-state index contributed by atoms with van der Waals surface area (Å²) >= 11 is 0. The summed E-state index contributed by atoms with van der Waals surface area (Å²) in [5.41, 5.74) is 1.91. The number of hydrogen-bond donors (Lipinski definition) is 1. The first-order valence-electron chi connectivity index (χ1n) is 8.34. The molecule has 2 aromatic rings. The first-order chi connectivity index (χ1) is 11.3. The number of morpholine rings is 1. The Balaban J connectivity index is 1.81. The topological polar surface area (TPSA) is 59.4 Å². The number of benzene rings is 1. The molecule has 124 valence electrons. The normalized spacial score (nSPS) is 15.1. The number of nitrogens with zero attached hydrogens (tertiary/aromatic N) is 3. The molecule has 6 nitrogen and oxygen atoms in total. The molecule has 1 aliphatic rings. The van der Waals surface area contributed by atoms with Crippen molar-refractivity contribution in [2.75, 3.05) is 38.2 Å². The number of unbranched alkanes of at least 4 members (excludes halogenated alkanes) is 1. The Labute approximate surface area is 136 Å². The molecule has 0 atom stereocenters. The number of carbonyl (C=O) groups excluding carboxylic acids is 1. The molecular formula is C17H24N4O2. The molecule has 1 aromatic heterocycles. The number of amides is 1. The molecule has 3 rings (SSSR count). The molecule has 23 heavy (non-hydrogen) atoms. The molecule has 1 amide bonds. The predicted molar refractivity (Wildman–Crippen MR) is 90.5 cm³/mol. The van der Waals surface area contributed by atoms with Crippen LogP contribution in [0.2, 0.25) is 0 Å². The number of fused-ring (bicyclic) bond motifs is 1. The molecule has 2 heterocycles. The molecular weight excluding hydrogens is 292 g/mol. The van der Waals surface area contributed by atoms with E-state index in [1.165, 1.54) is 0 Å². The van der Waals surface area contributed by atoms with E-state index in [2.05, 4.69) is 17.2 Å². The fourth-order valence-corrected chi connectivity index (χ4v) is 2.80. The molecule has 0 saturated carbocycles. The predicted octanol–water partition coefficient (Wildman–Crippen LogP) is 2.11. The van der Waals surface area contributed by atoms with E-state index < -0.39 is 0 Å².